The Morgan fingerprint density at radius 2 is 2.09 bits per heavy atom. The van der Waals surface area contributed by atoms with Gasteiger partial charge in [0, 0.05) is 6.54 Å². The second-order valence-electron chi connectivity index (χ2n) is 6.10. The van der Waals surface area contributed by atoms with Crippen molar-refractivity contribution in [1.82, 2.24) is 9.78 Å². The van der Waals surface area contributed by atoms with E-state index in [0.717, 1.165) is 42.9 Å². The van der Waals surface area contributed by atoms with E-state index < -0.39 is 6.10 Å². The molecule has 1 heterocycles. The summed E-state index contributed by atoms with van der Waals surface area (Å²) in [6.45, 7) is 4.97. The fourth-order valence-corrected chi connectivity index (χ4v) is 3.21. The molecule has 1 aliphatic rings. The van der Waals surface area contributed by atoms with E-state index in [2.05, 4.69) is 17.3 Å². The smallest absolute Gasteiger partial charge is 0.126 e. The van der Waals surface area contributed by atoms with Gasteiger partial charge < -0.3 is 15.2 Å². The summed E-state index contributed by atoms with van der Waals surface area (Å²) in [4.78, 5) is 0. The largest absolute Gasteiger partial charge is 0.488 e. The number of hydrogen-bond acceptors (Lipinski definition) is 4. The van der Waals surface area contributed by atoms with Crippen molar-refractivity contribution in [2.24, 2.45) is 0 Å². The Morgan fingerprint density at radius 3 is 2.78 bits per heavy atom. The molecule has 0 amide bonds. The van der Waals surface area contributed by atoms with E-state index in [1.807, 2.05) is 48.1 Å². The zero-order valence-corrected chi connectivity index (χ0v) is 13.8. The number of aryl methyl sites for hydroxylation is 1. The molecule has 1 saturated carbocycles. The van der Waals surface area contributed by atoms with Crippen LogP contribution in [0.25, 0.3) is 0 Å². The predicted molar refractivity (Wildman–Crippen MR) is 90.8 cm³/mol. The van der Waals surface area contributed by atoms with Crippen LogP contribution in [0.4, 0.5) is 5.69 Å². The number of nitrogens with one attached hydrogen (secondary N) is 1. The van der Waals surface area contributed by atoms with Gasteiger partial charge in [-0.3, -0.25) is 4.68 Å². The average Bonchev–Trinajstić information content (AvgIpc) is 2.92. The summed E-state index contributed by atoms with van der Waals surface area (Å²) in [5, 5.41) is 18.5. The normalized spacial score (nSPS) is 24.4. The number of anilines is 1. The lowest BCUT2D eigenvalue weighted by atomic mass is 9.89. The molecule has 0 bridgehead atoms. The second-order valence-corrected chi connectivity index (χ2v) is 6.10. The van der Waals surface area contributed by atoms with Gasteiger partial charge in [0.1, 0.15) is 18.0 Å². The third-order valence-corrected chi connectivity index (χ3v) is 4.57. The number of para-hydroxylation sites is 1. The lowest BCUT2D eigenvalue weighted by Crippen LogP contribution is -2.48. The number of aromatic nitrogens is 2. The molecule has 1 aliphatic carbocycles. The maximum atomic E-state index is 10.7. The van der Waals surface area contributed by atoms with Gasteiger partial charge in [0.05, 0.1) is 23.6 Å². The average molecular weight is 315 g/mol. The lowest BCUT2D eigenvalue weighted by Gasteiger charge is -2.35. The zero-order chi connectivity index (χ0) is 16.2. The van der Waals surface area contributed by atoms with Crippen LogP contribution in [0.15, 0.2) is 36.5 Å². The minimum absolute atomic E-state index is 0.00864. The van der Waals surface area contributed by atoms with Crippen LogP contribution in [0.1, 0.15) is 31.9 Å². The standard InChI is InChI=1S/C18H25N3O2/c1-3-21-13(2)16(12-19-21)20-15-10-7-11-17(18(15)22)23-14-8-5-4-6-9-14/h4-6,8-9,12,15,17-18,20,22H,3,7,10-11H2,1-2H3/t15-,17+,18+/m0/s1. The van der Waals surface area contributed by atoms with E-state index in [1.54, 1.807) is 0 Å². The molecule has 0 aliphatic heterocycles. The van der Waals surface area contributed by atoms with Crippen LogP contribution in [0.3, 0.4) is 0 Å². The Hall–Kier alpha value is -2.01. The van der Waals surface area contributed by atoms with Crippen molar-refractivity contribution in [3.8, 4) is 5.75 Å². The number of nitrogens with zero attached hydrogens (tertiary/aromatic N) is 2. The molecule has 23 heavy (non-hydrogen) atoms. The summed E-state index contributed by atoms with van der Waals surface area (Å²) in [6.07, 6.45) is 3.98. The van der Waals surface area contributed by atoms with Gasteiger partial charge in [0.15, 0.2) is 0 Å². The SMILES string of the molecule is CCn1ncc(N[C@H]2CCC[C@@H](Oc3ccccc3)[C@@H]2O)c1C. The van der Waals surface area contributed by atoms with E-state index in [4.69, 9.17) is 4.74 Å². The molecule has 1 aromatic carbocycles. The van der Waals surface area contributed by atoms with Crippen LogP contribution >= 0.6 is 0 Å². The highest BCUT2D eigenvalue weighted by atomic mass is 16.5. The van der Waals surface area contributed by atoms with Crippen molar-refractivity contribution in [1.29, 1.82) is 0 Å². The summed E-state index contributed by atoms with van der Waals surface area (Å²) in [5.41, 5.74) is 2.10. The summed E-state index contributed by atoms with van der Waals surface area (Å²) < 4.78 is 7.94. The molecule has 1 aromatic heterocycles. The quantitative estimate of drug-likeness (QED) is 0.890. The molecular formula is C18H25N3O2. The van der Waals surface area contributed by atoms with E-state index in [-0.39, 0.29) is 12.1 Å². The van der Waals surface area contributed by atoms with Crippen molar-refractivity contribution in [2.75, 3.05) is 5.32 Å². The highest BCUT2D eigenvalue weighted by molar-refractivity contribution is 5.47. The zero-order valence-electron chi connectivity index (χ0n) is 13.8. The first kappa shape index (κ1) is 15.9. The predicted octanol–water partition coefficient (Wildman–Crippen LogP) is 2.98. The Bertz CT molecular complexity index is 626. The third-order valence-electron chi connectivity index (χ3n) is 4.57. The van der Waals surface area contributed by atoms with Crippen LogP contribution in [0.2, 0.25) is 0 Å². The monoisotopic (exact) mass is 315 g/mol. The van der Waals surface area contributed by atoms with Crippen molar-refractivity contribution >= 4 is 5.69 Å². The van der Waals surface area contributed by atoms with Gasteiger partial charge in [-0.25, -0.2) is 0 Å². The Balaban J connectivity index is 1.67. The molecule has 5 heteroatoms. The van der Waals surface area contributed by atoms with Gasteiger partial charge in [-0.1, -0.05) is 18.2 Å². The maximum absolute atomic E-state index is 10.7. The molecule has 2 aromatic rings. The van der Waals surface area contributed by atoms with Gasteiger partial charge in [-0.2, -0.15) is 5.10 Å². The van der Waals surface area contributed by atoms with Gasteiger partial charge in [-0.05, 0) is 45.2 Å². The van der Waals surface area contributed by atoms with Crippen LogP contribution in [0, 0.1) is 6.92 Å². The number of rotatable bonds is 5. The number of aliphatic hydroxyl groups is 1. The first-order chi connectivity index (χ1) is 11.2. The van der Waals surface area contributed by atoms with Gasteiger partial charge in [0.2, 0.25) is 0 Å². The van der Waals surface area contributed by atoms with Gasteiger partial charge >= 0.3 is 0 Å². The molecule has 0 spiro atoms. The van der Waals surface area contributed by atoms with Gasteiger partial charge in [-0.15, -0.1) is 0 Å². The molecule has 124 valence electrons. The fraction of sp³-hybridized carbons (Fsp3) is 0.500. The summed E-state index contributed by atoms with van der Waals surface area (Å²) >= 11 is 0. The minimum Gasteiger partial charge on any atom is -0.488 e. The molecule has 0 saturated heterocycles. The van der Waals surface area contributed by atoms with E-state index >= 15 is 0 Å². The van der Waals surface area contributed by atoms with Crippen molar-refractivity contribution in [3.05, 3.63) is 42.2 Å². The van der Waals surface area contributed by atoms with Crippen LogP contribution in [-0.4, -0.2) is 33.1 Å². The van der Waals surface area contributed by atoms with E-state index in [9.17, 15) is 5.11 Å². The topological polar surface area (TPSA) is 59.3 Å². The van der Waals surface area contributed by atoms with Crippen LogP contribution in [0.5, 0.6) is 5.75 Å². The third kappa shape index (κ3) is 3.50. The number of ether oxygens (including phenoxy) is 1. The summed E-state index contributed by atoms with van der Waals surface area (Å²) in [6, 6.07) is 9.71. The summed E-state index contributed by atoms with van der Waals surface area (Å²) in [7, 11) is 0. The molecule has 3 rings (SSSR count). The molecule has 3 atom stereocenters. The summed E-state index contributed by atoms with van der Waals surface area (Å²) in [5.74, 6) is 0.812. The number of benzene rings is 1. The first-order valence-corrected chi connectivity index (χ1v) is 8.37. The van der Waals surface area contributed by atoms with Crippen LogP contribution in [-0.2, 0) is 6.54 Å². The van der Waals surface area contributed by atoms with Crippen molar-refractivity contribution < 1.29 is 9.84 Å². The second kappa shape index (κ2) is 7.04. The minimum atomic E-state index is -0.534. The Kier molecular flexibility index (Phi) is 4.86. The molecule has 0 radical (unpaired) electrons. The van der Waals surface area contributed by atoms with E-state index in [0.29, 0.717) is 0 Å². The molecular weight excluding hydrogens is 290 g/mol. The molecule has 1 fully saturated rings. The highest BCUT2D eigenvalue weighted by Gasteiger charge is 2.33. The maximum Gasteiger partial charge on any atom is 0.126 e. The van der Waals surface area contributed by atoms with Crippen molar-refractivity contribution in [3.63, 3.8) is 0 Å². The lowest BCUT2D eigenvalue weighted by molar-refractivity contribution is -0.00110. The number of aliphatic hydroxyl groups excluding tert-OH is 1. The van der Waals surface area contributed by atoms with Crippen LogP contribution < -0.4 is 10.1 Å². The first-order valence-electron chi connectivity index (χ1n) is 8.37. The molecule has 0 unspecified atom stereocenters. The van der Waals surface area contributed by atoms with Crippen molar-refractivity contribution in [2.45, 2.75) is 57.9 Å². The molecule has 2 N–H and O–H groups in total. The van der Waals surface area contributed by atoms with Gasteiger partial charge in [0.25, 0.3) is 0 Å². The highest BCUT2D eigenvalue weighted by Crippen LogP contribution is 2.27. The fourth-order valence-electron chi connectivity index (χ4n) is 3.21. The number of hydrogen-bond donors (Lipinski definition) is 2. The Morgan fingerprint density at radius 1 is 1.30 bits per heavy atom. The Labute approximate surface area is 137 Å². The molecule has 5 nitrogen and oxygen atoms in total. The van der Waals surface area contributed by atoms with E-state index in [1.165, 1.54) is 0 Å².